The molecule has 1 aliphatic heterocycles. The Kier molecular flexibility index (Phi) is 4.04. The highest BCUT2D eigenvalue weighted by Gasteiger charge is 2.23. The van der Waals surface area contributed by atoms with Crippen LogP contribution in [0.4, 0.5) is 5.69 Å². The van der Waals surface area contributed by atoms with Gasteiger partial charge >= 0.3 is 0 Å². The van der Waals surface area contributed by atoms with Gasteiger partial charge in [-0.2, -0.15) is 0 Å². The fourth-order valence-electron chi connectivity index (χ4n) is 2.21. The van der Waals surface area contributed by atoms with Crippen molar-refractivity contribution in [2.24, 2.45) is 0 Å². The van der Waals surface area contributed by atoms with Gasteiger partial charge in [-0.05, 0) is 23.6 Å². The van der Waals surface area contributed by atoms with Crippen LogP contribution in [0.3, 0.4) is 0 Å². The SMILES string of the molecule is CC(CC(=O)NC1CNC(=O)C1)c1ccc(N)cc1. The Hall–Kier alpha value is -2.04. The number of benzene rings is 1. The fraction of sp³-hybridized carbons (Fsp3) is 0.429. The highest BCUT2D eigenvalue weighted by atomic mass is 16.2. The van der Waals surface area contributed by atoms with Crippen molar-refractivity contribution < 1.29 is 9.59 Å². The van der Waals surface area contributed by atoms with Crippen molar-refractivity contribution >= 4 is 17.5 Å². The molecule has 1 aromatic carbocycles. The third-order valence-corrected chi connectivity index (χ3v) is 3.34. The van der Waals surface area contributed by atoms with Gasteiger partial charge in [0.2, 0.25) is 11.8 Å². The summed E-state index contributed by atoms with van der Waals surface area (Å²) in [6.45, 7) is 2.53. The van der Waals surface area contributed by atoms with Crippen LogP contribution in [0.2, 0.25) is 0 Å². The first-order chi connectivity index (χ1) is 9.04. The van der Waals surface area contributed by atoms with Crippen molar-refractivity contribution in [3.63, 3.8) is 0 Å². The molecule has 1 aromatic rings. The van der Waals surface area contributed by atoms with E-state index in [4.69, 9.17) is 5.73 Å². The summed E-state index contributed by atoms with van der Waals surface area (Å²) in [5, 5.41) is 5.57. The lowest BCUT2D eigenvalue weighted by atomic mass is 9.97. The van der Waals surface area contributed by atoms with Crippen LogP contribution in [0.5, 0.6) is 0 Å². The molecule has 2 amide bonds. The maximum atomic E-state index is 11.9. The Balaban J connectivity index is 1.84. The Labute approximate surface area is 112 Å². The standard InChI is InChI=1S/C14H19N3O2/c1-9(10-2-4-11(15)5-3-10)6-14(19)17-12-7-13(18)16-8-12/h2-5,9,12H,6-8,15H2,1H3,(H,16,18)(H,17,19). The zero-order valence-corrected chi connectivity index (χ0v) is 11.0. The van der Waals surface area contributed by atoms with Crippen LogP contribution in [0.25, 0.3) is 0 Å². The summed E-state index contributed by atoms with van der Waals surface area (Å²) in [5.74, 6) is 0.105. The monoisotopic (exact) mass is 261 g/mol. The van der Waals surface area contributed by atoms with Gasteiger partial charge in [0.1, 0.15) is 0 Å². The number of nitrogens with one attached hydrogen (secondary N) is 2. The van der Waals surface area contributed by atoms with Gasteiger partial charge in [0.25, 0.3) is 0 Å². The fourth-order valence-corrected chi connectivity index (χ4v) is 2.21. The largest absolute Gasteiger partial charge is 0.399 e. The van der Waals surface area contributed by atoms with Gasteiger partial charge in [-0.25, -0.2) is 0 Å². The van der Waals surface area contributed by atoms with Crippen LogP contribution < -0.4 is 16.4 Å². The molecule has 0 spiro atoms. The molecule has 2 atom stereocenters. The van der Waals surface area contributed by atoms with Crippen LogP contribution in [-0.4, -0.2) is 24.4 Å². The van der Waals surface area contributed by atoms with E-state index in [0.717, 1.165) is 11.3 Å². The third-order valence-electron chi connectivity index (χ3n) is 3.34. The predicted octanol–water partition coefficient (Wildman–Crippen LogP) is 0.767. The zero-order valence-electron chi connectivity index (χ0n) is 11.0. The number of carbonyl (C=O) groups excluding carboxylic acids is 2. The number of nitrogens with two attached hydrogens (primary N) is 1. The quantitative estimate of drug-likeness (QED) is 0.700. The van der Waals surface area contributed by atoms with E-state index in [1.54, 1.807) is 0 Å². The summed E-state index contributed by atoms with van der Waals surface area (Å²) in [7, 11) is 0. The van der Waals surface area contributed by atoms with E-state index >= 15 is 0 Å². The van der Waals surface area contributed by atoms with E-state index in [1.807, 2.05) is 31.2 Å². The number of carbonyl (C=O) groups is 2. The average molecular weight is 261 g/mol. The molecular weight excluding hydrogens is 242 g/mol. The van der Waals surface area contributed by atoms with E-state index < -0.39 is 0 Å². The number of nitrogen functional groups attached to an aromatic ring is 1. The van der Waals surface area contributed by atoms with Gasteiger partial charge in [0.15, 0.2) is 0 Å². The maximum Gasteiger partial charge on any atom is 0.222 e. The minimum Gasteiger partial charge on any atom is -0.399 e. The van der Waals surface area contributed by atoms with Crippen molar-refractivity contribution in [3.8, 4) is 0 Å². The topological polar surface area (TPSA) is 84.2 Å². The lowest BCUT2D eigenvalue weighted by Crippen LogP contribution is -2.36. The summed E-state index contributed by atoms with van der Waals surface area (Å²) >= 11 is 0. The molecule has 1 fully saturated rings. The summed E-state index contributed by atoms with van der Waals surface area (Å²) in [6, 6.07) is 7.48. The lowest BCUT2D eigenvalue weighted by Gasteiger charge is -2.14. The Morgan fingerprint density at radius 3 is 2.74 bits per heavy atom. The number of hydrogen-bond acceptors (Lipinski definition) is 3. The predicted molar refractivity (Wildman–Crippen MR) is 73.4 cm³/mol. The molecule has 2 unspecified atom stereocenters. The van der Waals surface area contributed by atoms with E-state index in [9.17, 15) is 9.59 Å². The number of rotatable bonds is 4. The van der Waals surface area contributed by atoms with Gasteiger partial charge in [-0.1, -0.05) is 19.1 Å². The Morgan fingerprint density at radius 1 is 1.47 bits per heavy atom. The first kappa shape index (κ1) is 13.4. The average Bonchev–Trinajstić information content (AvgIpc) is 2.75. The van der Waals surface area contributed by atoms with Crippen molar-refractivity contribution in [2.45, 2.75) is 31.7 Å². The Morgan fingerprint density at radius 2 is 2.16 bits per heavy atom. The van der Waals surface area contributed by atoms with Gasteiger partial charge in [-0.15, -0.1) is 0 Å². The van der Waals surface area contributed by atoms with Gasteiger partial charge in [-0.3, -0.25) is 9.59 Å². The van der Waals surface area contributed by atoms with Crippen LogP contribution in [0.15, 0.2) is 24.3 Å². The van der Waals surface area contributed by atoms with Crippen LogP contribution in [-0.2, 0) is 9.59 Å². The Bertz CT molecular complexity index is 470. The van der Waals surface area contributed by atoms with Crippen molar-refractivity contribution in [3.05, 3.63) is 29.8 Å². The molecule has 102 valence electrons. The molecule has 19 heavy (non-hydrogen) atoms. The summed E-state index contributed by atoms with van der Waals surface area (Å²) in [4.78, 5) is 22.9. The molecule has 5 heteroatoms. The molecule has 1 saturated heterocycles. The second kappa shape index (κ2) is 5.73. The van der Waals surface area contributed by atoms with Gasteiger partial charge < -0.3 is 16.4 Å². The van der Waals surface area contributed by atoms with Crippen molar-refractivity contribution in [1.29, 1.82) is 0 Å². The van der Waals surface area contributed by atoms with Crippen LogP contribution in [0.1, 0.15) is 31.2 Å². The lowest BCUT2D eigenvalue weighted by molar-refractivity contribution is -0.122. The molecule has 0 aliphatic carbocycles. The first-order valence-corrected chi connectivity index (χ1v) is 6.46. The van der Waals surface area contributed by atoms with E-state index in [0.29, 0.717) is 19.4 Å². The molecule has 5 nitrogen and oxygen atoms in total. The second-order valence-electron chi connectivity index (χ2n) is 5.04. The highest BCUT2D eigenvalue weighted by Crippen LogP contribution is 2.20. The molecule has 0 saturated carbocycles. The van der Waals surface area contributed by atoms with E-state index in [-0.39, 0.29) is 23.8 Å². The number of hydrogen-bond donors (Lipinski definition) is 3. The molecule has 0 bridgehead atoms. The number of anilines is 1. The molecule has 4 N–H and O–H groups in total. The van der Waals surface area contributed by atoms with Crippen molar-refractivity contribution in [2.75, 3.05) is 12.3 Å². The molecule has 0 radical (unpaired) electrons. The summed E-state index contributed by atoms with van der Waals surface area (Å²) in [5.41, 5.74) is 7.44. The molecule has 1 heterocycles. The van der Waals surface area contributed by atoms with Crippen LogP contribution in [0, 0.1) is 0 Å². The third kappa shape index (κ3) is 3.71. The highest BCUT2D eigenvalue weighted by molar-refractivity contribution is 5.82. The van der Waals surface area contributed by atoms with E-state index in [2.05, 4.69) is 10.6 Å². The van der Waals surface area contributed by atoms with Crippen LogP contribution >= 0.6 is 0 Å². The van der Waals surface area contributed by atoms with Gasteiger partial charge in [0.05, 0.1) is 6.04 Å². The second-order valence-corrected chi connectivity index (χ2v) is 5.04. The zero-order chi connectivity index (χ0) is 13.8. The smallest absolute Gasteiger partial charge is 0.222 e. The normalized spacial score (nSPS) is 19.8. The van der Waals surface area contributed by atoms with E-state index in [1.165, 1.54) is 0 Å². The molecule has 1 aliphatic rings. The van der Waals surface area contributed by atoms with Gasteiger partial charge in [0, 0.05) is 25.1 Å². The maximum absolute atomic E-state index is 11.9. The minimum absolute atomic E-state index is 0.00289. The molecule has 0 aromatic heterocycles. The molecular formula is C14H19N3O2. The summed E-state index contributed by atoms with van der Waals surface area (Å²) in [6.07, 6.45) is 0.788. The van der Waals surface area contributed by atoms with Crippen molar-refractivity contribution in [1.82, 2.24) is 10.6 Å². The number of amides is 2. The molecule has 2 rings (SSSR count). The minimum atomic E-state index is -0.0707. The first-order valence-electron chi connectivity index (χ1n) is 6.46. The summed E-state index contributed by atoms with van der Waals surface area (Å²) < 4.78 is 0.